The van der Waals surface area contributed by atoms with Gasteiger partial charge in [0.1, 0.15) is 0 Å². The molecule has 1 rings (SSSR count). The van der Waals surface area contributed by atoms with E-state index in [1.54, 1.807) is 5.38 Å². The highest BCUT2D eigenvalue weighted by Gasteiger charge is 2.07. The van der Waals surface area contributed by atoms with Crippen LogP contribution in [0.25, 0.3) is 0 Å². The number of hydrazone groups is 1. The van der Waals surface area contributed by atoms with Crippen LogP contribution in [-0.4, -0.2) is 28.8 Å². The fraction of sp³-hybridized carbons (Fsp3) is 0.333. The van der Waals surface area contributed by atoms with Crippen molar-refractivity contribution in [1.29, 1.82) is 0 Å². The van der Waals surface area contributed by atoms with Gasteiger partial charge in [0.25, 0.3) is 0 Å². The monoisotopic (exact) mass is 257 g/mol. The lowest BCUT2D eigenvalue weighted by Gasteiger charge is -1.96. The minimum absolute atomic E-state index is 0.0260. The minimum Gasteiger partial charge on any atom is -0.396 e. The number of hydrogen-bond donors (Lipinski definition) is 2. The summed E-state index contributed by atoms with van der Waals surface area (Å²) in [5, 5.41) is 24.1. The Balaban J connectivity index is 2.42. The van der Waals surface area contributed by atoms with Crippen LogP contribution in [0.15, 0.2) is 16.5 Å². The van der Waals surface area contributed by atoms with Gasteiger partial charge < -0.3 is 5.11 Å². The quantitative estimate of drug-likeness (QED) is 0.448. The second-order valence-corrected chi connectivity index (χ2v) is 3.99. The maximum Gasteiger partial charge on any atom is 0.324 e. The van der Waals surface area contributed by atoms with Crippen molar-refractivity contribution in [3.63, 3.8) is 0 Å². The van der Waals surface area contributed by atoms with Crippen LogP contribution in [0.4, 0.5) is 5.00 Å². The third-order valence-corrected chi connectivity index (χ3v) is 2.65. The largest absolute Gasteiger partial charge is 0.396 e. The number of carbonyl (C=O) groups excluding carboxylic acids is 1. The third-order valence-electron chi connectivity index (χ3n) is 1.75. The summed E-state index contributed by atoms with van der Waals surface area (Å²) in [6.07, 6.45) is 1.91. The Morgan fingerprint density at radius 3 is 3.06 bits per heavy atom. The Hall–Kier alpha value is -1.80. The number of aliphatic hydroxyl groups excluding tert-OH is 1. The van der Waals surface area contributed by atoms with E-state index in [4.69, 9.17) is 5.11 Å². The maximum atomic E-state index is 11.1. The highest BCUT2D eigenvalue weighted by atomic mass is 32.1. The number of nitrogens with one attached hydrogen (secondary N) is 1. The van der Waals surface area contributed by atoms with Gasteiger partial charge in [0.05, 0.1) is 11.1 Å². The number of hydrogen-bond acceptors (Lipinski definition) is 6. The molecule has 0 bridgehead atoms. The Morgan fingerprint density at radius 1 is 1.71 bits per heavy atom. The Bertz CT molecular complexity index is 430. The van der Waals surface area contributed by atoms with E-state index in [0.717, 1.165) is 11.3 Å². The first-order valence-corrected chi connectivity index (χ1v) is 5.67. The number of thiophene rings is 1. The second-order valence-electron chi connectivity index (χ2n) is 3.10. The molecule has 1 aromatic rings. The molecule has 1 heterocycles. The number of amides is 1. The molecular weight excluding hydrogens is 246 g/mol. The van der Waals surface area contributed by atoms with E-state index in [1.165, 1.54) is 12.3 Å². The summed E-state index contributed by atoms with van der Waals surface area (Å²) in [7, 11) is 0. The fourth-order valence-corrected chi connectivity index (χ4v) is 1.65. The topological polar surface area (TPSA) is 105 Å². The lowest BCUT2D eigenvalue weighted by Crippen LogP contribution is -2.17. The summed E-state index contributed by atoms with van der Waals surface area (Å²) in [6, 6.07) is 1.37. The molecule has 1 aromatic heterocycles. The first kappa shape index (κ1) is 13.3. The van der Waals surface area contributed by atoms with E-state index in [9.17, 15) is 14.9 Å². The van der Waals surface area contributed by atoms with Crippen molar-refractivity contribution < 1.29 is 14.8 Å². The molecule has 17 heavy (non-hydrogen) atoms. The van der Waals surface area contributed by atoms with E-state index >= 15 is 0 Å². The number of nitro groups is 1. The Labute approximate surface area is 101 Å². The van der Waals surface area contributed by atoms with Gasteiger partial charge in [0, 0.05) is 30.0 Å². The fourth-order valence-electron chi connectivity index (χ4n) is 0.977. The Kier molecular flexibility index (Phi) is 5.24. The van der Waals surface area contributed by atoms with Crippen molar-refractivity contribution in [2.24, 2.45) is 5.10 Å². The highest BCUT2D eigenvalue weighted by molar-refractivity contribution is 7.13. The molecule has 2 N–H and O–H groups in total. The molecule has 0 aliphatic heterocycles. The van der Waals surface area contributed by atoms with Gasteiger partial charge in [-0.05, 0) is 6.42 Å². The van der Waals surface area contributed by atoms with Gasteiger partial charge >= 0.3 is 5.00 Å². The predicted octanol–water partition coefficient (Wildman–Crippen LogP) is 0.879. The zero-order chi connectivity index (χ0) is 12.7. The molecule has 0 aliphatic carbocycles. The van der Waals surface area contributed by atoms with Crippen LogP contribution in [0.2, 0.25) is 0 Å². The van der Waals surface area contributed by atoms with Crippen LogP contribution in [0.5, 0.6) is 0 Å². The SMILES string of the molecule is O=C(CCCO)NN=Cc1csc([N+](=O)[O-])c1. The molecular formula is C9H11N3O4S. The van der Waals surface area contributed by atoms with Gasteiger partial charge in [-0.15, -0.1) is 0 Å². The molecule has 0 aliphatic rings. The average molecular weight is 257 g/mol. The highest BCUT2D eigenvalue weighted by Crippen LogP contribution is 2.21. The van der Waals surface area contributed by atoms with Gasteiger partial charge in [-0.1, -0.05) is 11.3 Å². The van der Waals surface area contributed by atoms with Crippen molar-refractivity contribution in [3.8, 4) is 0 Å². The first-order chi connectivity index (χ1) is 8.13. The molecule has 0 atom stereocenters. The van der Waals surface area contributed by atoms with Crippen molar-refractivity contribution in [1.82, 2.24) is 5.43 Å². The lowest BCUT2D eigenvalue weighted by molar-refractivity contribution is -0.380. The van der Waals surface area contributed by atoms with E-state index in [0.29, 0.717) is 12.0 Å². The van der Waals surface area contributed by atoms with Crippen molar-refractivity contribution >= 4 is 28.5 Å². The maximum absolute atomic E-state index is 11.1. The number of nitrogens with zero attached hydrogens (tertiary/aromatic N) is 2. The minimum atomic E-state index is -0.484. The predicted molar refractivity (Wildman–Crippen MR) is 63.0 cm³/mol. The molecule has 0 spiro atoms. The molecule has 0 saturated carbocycles. The molecule has 7 nitrogen and oxygen atoms in total. The number of rotatable bonds is 6. The summed E-state index contributed by atoms with van der Waals surface area (Å²) in [5.41, 5.74) is 2.82. The van der Waals surface area contributed by atoms with Gasteiger partial charge in [-0.3, -0.25) is 14.9 Å². The number of carbonyl (C=O) groups is 1. The molecule has 0 aromatic carbocycles. The van der Waals surface area contributed by atoms with E-state index in [2.05, 4.69) is 10.5 Å². The van der Waals surface area contributed by atoms with Gasteiger partial charge in [0.15, 0.2) is 0 Å². The average Bonchev–Trinajstić information content (AvgIpc) is 2.75. The third kappa shape index (κ3) is 4.70. The molecule has 0 fully saturated rings. The molecule has 92 valence electrons. The first-order valence-electron chi connectivity index (χ1n) is 4.79. The summed E-state index contributed by atoms with van der Waals surface area (Å²) >= 11 is 0.994. The molecule has 8 heteroatoms. The summed E-state index contributed by atoms with van der Waals surface area (Å²) < 4.78 is 0. The zero-order valence-corrected chi connectivity index (χ0v) is 9.64. The van der Waals surface area contributed by atoms with Crippen LogP contribution in [-0.2, 0) is 4.79 Å². The Morgan fingerprint density at radius 2 is 2.47 bits per heavy atom. The molecule has 0 unspecified atom stereocenters. The summed E-state index contributed by atoms with van der Waals surface area (Å²) in [5.74, 6) is -0.306. The zero-order valence-electron chi connectivity index (χ0n) is 8.83. The summed E-state index contributed by atoms with van der Waals surface area (Å²) in [6.45, 7) is -0.0478. The molecule has 0 radical (unpaired) electrons. The van der Waals surface area contributed by atoms with Crippen LogP contribution in [0, 0.1) is 10.1 Å². The van der Waals surface area contributed by atoms with Crippen LogP contribution in [0.1, 0.15) is 18.4 Å². The van der Waals surface area contributed by atoms with Crippen LogP contribution in [0.3, 0.4) is 0 Å². The van der Waals surface area contributed by atoms with E-state index < -0.39 is 4.92 Å². The van der Waals surface area contributed by atoms with Crippen molar-refractivity contribution in [2.75, 3.05) is 6.61 Å². The van der Waals surface area contributed by atoms with Gasteiger partial charge in [-0.2, -0.15) is 5.10 Å². The lowest BCUT2D eigenvalue weighted by atomic mass is 10.3. The van der Waals surface area contributed by atoms with Gasteiger partial charge in [-0.25, -0.2) is 5.43 Å². The normalized spacial score (nSPS) is 10.6. The van der Waals surface area contributed by atoms with Crippen LogP contribution >= 0.6 is 11.3 Å². The summed E-state index contributed by atoms with van der Waals surface area (Å²) in [4.78, 5) is 21.0. The van der Waals surface area contributed by atoms with E-state index in [1.807, 2.05) is 0 Å². The standard InChI is InChI=1S/C9H11N3O4S/c13-3-1-2-8(14)11-10-5-7-4-9(12(15)16)17-6-7/h4-6,13H,1-3H2,(H,11,14). The smallest absolute Gasteiger partial charge is 0.324 e. The second kappa shape index (κ2) is 6.71. The van der Waals surface area contributed by atoms with Crippen molar-refractivity contribution in [2.45, 2.75) is 12.8 Å². The van der Waals surface area contributed by atoms with Crippen molar-refractivity contribution in [3.05, 3.63) is 27.1 Å². The number of aliphatic hydroxyl groups is 1. The molecule has 0 saturated heterocycles. The van der Waals surface area contributed by atoms with Gasteiger partial charge in [0.2, 0.25) is 5.91 Å². The van der Waals surface area contributed by atoms with E-state index in [-0.39, 0.29) is 23.9 Å². The molecule has 1 amide bonds. The van der Waals surface area contributed by atoms with Crippen LogP contribution < -0.4 is 5.43 Å².